The van der Waals surface area contributed by atoms with E-state index in [1.165, 1.54) is 24.3 Å². The molecule has 1 N–H and O–H groups in total. The van der Waals surface area contributed by atoms with Crippen molar-refractivity contribution in [3.63, 3.8) is 0 Å². The summed E-state index contributed by atoms with van der Waals surface area (Å²) in [6.45, 7) is 0. The normalized spacial score (nSPS) is 24.4. The number of carbonyl (C=O) groups is 1. The molecule has 1 aliphatic rings. The number of hydrogen-bond acceptors (Lipinski definition) is 1. The summed E-state index contributed by atoms with van der Waals surface area (Å²) in [6, 6.07) is 5.90. The first kappa shape index (κ1) is 12.6. The van der Waals surface area contributed by atoms with Gasteiger partial charge in [0.05, 0.1) is 0 Å². The van der Waals surface area contributed by atoms with Crippen molar-refractivity contribution in [3.8, 4) is 0 Å². The van der Waals surface area contributed by atoms with Gasteiger partial charge in [-0.2, -0.15) is 0 Å². The fourth-order valence-corrected chi connectivity index (χ4v) is 2.60. The number of nitrogens with one attached hydrogen (secondary N) is 1. The van der Waals surface area contributed by atoms with Gasteiger partial charge in [0, 0.05) is 16.4 Å². The van der Waals surface area contributed by atoms with E-state index >= 15 is 0 Å². The van der Waals surface area contributed by atoms with E-state index in [9.17, 15) is 9.18 Å². The molecule has 92 valence electrons. The van der Waals surface area contributed by atoms with E-state index in [2.05, 4.69) is 21.2 Å². The van der Waals surface area contributed by atoms with Crippen LogP contribution in [0.5, 0.6) is 0 Å². The summed E-state index contributed by atoms with van der Waals surface area (Å²) >= 11 is 3.58. The van der Waals surface area contributed by atoms with Crippen LogP contribution in [0.15, 0.2) is 24.3 Å². The summed E-state index contributed by atoms with van der Waals surface area (Å²) in [5.41, 5.74) is 0.521. The first-order chi connectivity index (χ1) is 8.15. The number of rotatable bonds is 2. The molecule has 1 amide bonds. The molecule has 1 saturated carbocycles. The lowest BCUT2D eigenvalue weighted by Gasteiger charge is -2.26. The molecule has 0 bridgehead atoms. The highest BCUT2D eigenvalue weighted by atomic mass is 79.9. The molecule has 2 rings (SSSR count). The average molecular weight is 300 g/mol. The van der Waals surface area contributed by atoms with Crippen molar-refractivity contribution >= 4 is 21.8 Å². The number of halogens is 2. The Morgan fingerprint density at radius 3 is 2.35 bits per heavy atom. The van der Waals surface area contributed by atoms with E-state index in [4.69, 9.17) is 0 Å². The lowest BCUT2D eigenvalue weighted by atomic mass is 9.95. The molecule has 0 radical (unpaired) electrons. The van der Waals surface area contributed by atoms with Crippen molar-refractivity contribution in [2.45, 2.75) is 36.6 Å². The predicted molar refractivity (Wildman–Crippen MR) is 68.8 cm³/mol. The zero-order chi connectivity index (χ0) is 12.3. The van der Waals surface area contributed by atoms with E-state index in [1.54, 1.807) is 0 Å². The molecule has 0 spiro atoms. The first-order valence-corrected chi connectivity index (χ1v) is 6.77. The molecule has 0 aliphatic heterocycles. The van der Waals surface area contributed by atoms with Crippen LogP contribution in [0.3, 0.4) is 0 Å². The lowest BCUT2D eigenvalue weighted by Crippen LogP contribution is -2.37. The summed E-state index contributed by atoms with van der Waals surface area (Å²) in [7, 11) is 0. The van der Waals surface area contributed by atoms with Crippen LogP contribution < -0.4 is 5.32 Å². The number of amides is 1. The number of carbonyl (C=O) groups excluding carboxylic acids is 1. The number of hydrogen-bond donors (Lipinski definition) is 1. The minimum atomic E-state index is -0.318. The monoisotopic (exact) mass is 299 g/mol. The molecule has 0 unspecified atom stereocenters. The second-order valence-electron chi connectivity index (χ2n) is 4.43. The van der Waals surface area contributed by atoms with Gasteiger partial charge >= 0.3 is 0 Å². The third-order valence-electron chi connectivity index (χ3n) is 3.10. The van der Waals surface area contributed by atoms with Gasteiger partial charge in [-0.05, 0) is 49.9 Å². The van der Waals surface area contributed by atoms with Gasteiger partial charge in [-0.1, -0.05) is 15.9 Å². The van der Waals surface area contributed by atoms with Crippen LogP contribution in [0.1, 0.15) is 36.0 Å². The molecule has 4 heteroatoms. The highest BCUT2D eigenvalue weighted by Crippen LogP contribution is 2.24. The van der Waals surface area contributed by atoms with Crippen LogP contribution in [-0.2, 0) is 0 Å². The second kappa shape index (κ2) is 5.63. The quantitative estimate of drug-likeness (QED) is 0.835. The molecule has 1 aromatic carbocycles. The van der Waals surface area contributed by atoms with Gasteiger partial charge in [0.25, 0.3) is 5.91 Å². The van der Waals surface area contributed by atoms with Crippen LogP contribution in [0.2, 0.25) is 0 Å². The van der Waals surface area contributed by atoms with Crippen LogP contribution in [0.4, 0.5) is 4.39 Å². The molecule has 0 heterocycles. The minimum absolute atomic E-state index is 0.108. The van der Waals surface area contributed by atoms with Gasteiger partial charge in [-0.3, -0.25) is 4.79 Å². The molecule has 0 atom stereocenters. The number of benzene rings is 1. The number of alkyl halides is 1. The van der Waals surface area contributed by atoms with Crippen molar-refractivity contribution in [2.24, 2.45) is 0 Å². The van der Waals surface area contributed by atoms with E-state index in [0.717, 1.165) is 25.7 Å². The maximum atomic E-state index is 12.7. The third-order valence-corrected chi connectivity index (χ3v) is 4.01. The van der Waals surface area contributed by atoms with Gasteiger partial charge in [-0.25, -0.2) is 4.39 Å². The van der Waals surface area contributed by atoms with Crippen molar-refractivity contribution in [2.75, 3.05) is 0 Å². The largest absolute Gasteiger partial charge is 0.349 e. The summed E-state index contributed by atoms with van der Waals surface area (Å²) in [5.74, 6) is -0.427. The molecule has 2 nitrogen and oxygen atoms in total. The third kappa shape index (κ3) is 3.53. The maximum absolute atomic E-state index is 12.7. The van der Waals surface area contributed by atoms with Crippen molar-refractivity contribution in [1.82, 2.24) is 5.32 Å². The van der Waals surface area contributed by atoms with Crippen molar-refractivity contribution in [3.05, 3.63) is 35.6 Å². The van der Waals surface area contributed by atoms with Gasteiger partial charge in [0.15, 0.2) is 0 Å². The Labute approximate surface area is 109 Å². The Balaban J connectivity index is 1.91. The van der Waals surface area contributed by atoms with Gasteiger partial charge in [0.1, 0.15) is 5.82 Å². The minimum Gasteiger partial charge on any atom is -0.349 e. The molecule has 0 aromatic heterocycles. The fourth-order valence-electron chi connectivity index (χ4n) is 2.07. The Morgan fingerprint density at radius 1 is 1.18 bits per heavy atom. The van der Waals surface area contributed by atoms with E-state index in [-0.39, 0.29) is 17.8 Å². The summed E-state index contributed by atoms with van der Waals surface area (Å²) in [6.07, 6.45) is 4.19. The van der Waals surface area contributed by atoms with E-state index in [1.807, 2.05) is 0 Å². The standard InChI is InChI=1S/C13H15BrFNO/c14-10-3-7-12(8-4-10)16-13(17)9-1-5-11(15)6-2-9/h1-2,5-6,10,12H,3-4,7-8H2,(H,16,17). The Kier molecular flexibility index (Phi) is 4.15. The predicted octanol–water partition coefficient (Wildman–Crippen LogP) is 3.26. The Hall–Kier alpha value is -0.900. The van der Waals surface area contributed by atoms with Gasteiger partial charge in [0.2, 0.25) is 0 Å². The molecule has 1 fully saturated rings. The Morgan fingerprint density at radius 2 is 1.76 bits per heavy atom. The first-order valence-electron chi connectivity index (χ1n) is 5.85. The summed E-state index contributed by atoms with van der Waals surface area (Å²) in [4.78, 5) is 12.4. The molecule has 1 aliphatic carbocycles. The highest BCUT2D eigenvalue weighted by molar-refractivity contribution is 9.09. The fraction of sp³-hybridized carbons (Fsp3) is 0.462. The average Bonchev–Trinajstić information content (AvgIpc) is 2.33. The molecule has 1 aromatic rings. The van der Waals surface area contributed by atoms with Crippen LogP contribution in [-0.4, -0.2) is 16.8 Å². The lowest BCUT2D eigenvalue weighted by molar-refractivity contribution is 0.0928. The Bertz CT molecular complexity index is 385. The highest BCUT2D eigenvalue weighted by Gasteiger charge is 2.20. The second-order valence-corrected chi connectivity index (χ2v) is 5.72. The van der Waals surface area contributed by atoms with Crippen LogP contribution >= 0.6 is 15.9 Å². The molecule has 17 heavy (non-hydrogen) atoms. The van der Waals surface area contributed by atoms with E-state index < -0.39 is 0 Å². The van der Waals surface area contributed by atoms with Crippen molar-refractivity contribution < 1.29 is 9.18 Å². The SMILES string of the molecule is O=C(NC1CCC(Br)CC1)c1ccc(F)cc1. The van der Waals surface area contributed by atoms with E-state index in [0.29, 0.717) is 10.4 Å². The molecular formula is C13H15BrFNO. The molecule has 0 saturated heterocycles. The molecular weight excluding hydrogens is 285 g/mol. The smallest absolute Gasteiger partial charge is 0.251 e. The zero-order valence-corrected chi connectivity index (χ0v) is 11.0. The van der Waals surface area contributed by atoms with Gasteiger partial charge < -0.3 is 5.32 Å². The summed E-state index contributed by atoms with van der Waals surface area (Å²) in [5, 5.41) is 2.99. The van der Waals surface area contributed by atoms with Gasteiger partial charge in [-0.15, -0.1) is 0 Å². The zero-order valence-electron chi connectivity index (χ0n) is 9.46. The van der Waals surface area contributed by atoms with Crippen LogP contribution in [0.25, 0.3) is 0 Å². The topological polar surface area (TPSA) is 29.1 Å². The van der Waals surface area contributed by atoms with Crippen molar-refractivity contribution in [1.29, 1.82) is 0 Å². The van der Waals surface area contributed by atoms with Crippen LogP contribution in [0, 0.1) is 5.82 Å². The summed E-state index contributed by atoms with van der Waals surface area (Å²) < 4.78 is 12.7. The maximum Gasteiger partial charge on any atom is 0.251 e.